The fraction of sp³-hybridized carbons (Fsp3) is 0.222. The number of carbonyl (C=O) groups is 1. The minimum absolute atomic E-state index is 0.0290. The highest BCUT2D eigenvalue weighted by molar-refractivity contribution is 9.10. The molecule has 0 radical (unpaired) electrons. The molecule has 0 aromatic heterocycles. The smallest absolute Gasteiger partial charge is 0.407 e. The number of nitro groups is 1. The van der Waals surface area contributed by atoms with Gasteiger partial charge in [0, 0.05) is 6.07 Å². The summed E-state index contributed by atoms with van der Waals surface area (Å²) in [6.45, 7) is 0.179. The summed E-state index contributed by atoms with van der Waals surface area (Å²) in [7, 11) is 0. The first-order chi connectivity index (χ1) is 7.59. The number of carbonyl (C=O) groups excluding carboxylic acids is 1. The first kappa shape index (κ1) is 10.9. The van der Waals surface area contributed by atoms with Crippen molar-refractivity contribution in [1.29, 1.82) is 0 Å². The second kappa shape index (κ2) is 4.09. The maximum absolute atomic E-state index is 10.9. The van der Waals surface area contributed by atoms with Crippen molar-refractivity contribution in [3.8, 4) is 0 Å². The highest BCUT2D eigenvalue weighted by Crippen LogP contribution is 2.33. The normalized spacial score (nSPS) is 19.1. The molecule has 0 aliphatic carbocycles. The van der Waals surface area contributed by atoms with Crippen LogP contribution in [0.25, 0.3) is 0 Å². The predicted octanol–water partition coefficient (Wildman–Crippen LogP) is 2.14. The molecule has 1 aromatic rings. The van der Waals surface area contributed by atoms with Gasteiger partial charge in [-0.1, -0.05) is 12.1 Å². The van der Waals surface area contributed by atoms with E-state index in [1.54, 1.807) is 12.1 Å². The molecule has 84 valence electrons. The van der Waals surface area contributed by atoms with Crippen molar-refractivity contribution in [2.75, 3.05) is 6.61 Å². The number of benzene rings is 1. The van der Waals surface area contributed by atoms with Crippen LogP contribution in [0.3, 0.4) is 0 Å². The van der Waals surface area contributed by atoms with Gasteiger partial charge in [-0.05, 0) is 21.5 Å². The summed E-state index contributed by atoms with van der Waals surface area (Å²) in [5.74, 6) is 0. The van der Waals surface area contributed by atoms with Crippen LogP contribution < -0.4 is 5.32 Å². The zero-order chi connectivity index (χ0) is 11.7. The summed E-state index contributed by atoms with van der Waals surface area (Å²) in [5.41, 5.74) is 0.610. The molecule has 1 fully saturated rings. The Labute approximate surface area is 98.9 Å². The highest BCUT2D eigenvalue weighted by Gasteiger charge is 2.28. The number of ether oxygens (including phenoxy) is 1. The van der Waals surface area contributed by atoms with Crippen LogP contribution in [0.4, 0.5) is 10.5 Å². The van der Waals surface area contributed by atoms with Crippen molar-refractivity contribution in [1.82, 2.24) is 5.32 Å². The number of hydrogen-bond donors (Lipinski definition) is 1. The molecular formula is C9H7BrN2O4. The Morgan fingerprint density at radius 3 is 2.88 bits per heavy atom. The maximum Gasteiger partial charge on any atom is 0.407 e. The van der Waals surface area contributed by atoms with Crippen LogP contribution in [0.15, 0.2) is 22.7 Å². The van der Waals surface area contributed by atoms with E-state index in [0.29, 0.717) is 10.0 Å². The number of nitrogens with zero attached hydrogens (tertiary/aromatic N) is 1. The molecule has 1 N–H and O–H groups in total. The molecule has 1 aromatic carbocycles. The maximum atomic E-state index is 10.9. The molecule has 7 heteroatoms. The van der Waals surface area contributed by atoms with Gasteiger partial charge in [0.25, 0.3) is 5.69 Å². The van der Waals surface area contributed by atoms with Crippen molar-refractivity contribution >= 4 is 27.7 Å². The lowest BCUT2D eigenvalue weighted by Crippen LogP contribution is -2.18. The average molecular weight is 287 g/mol. The Kier molecular flexibility index (Phi) is 2.78. The predicted molar refractivity (Wildman–Crippen MR) is 58.0 cm³/mol. The third-order valence-electron chi connectivity index (χ3n) is 2.25. The Balaban J connectivity index is 2.38. The van der Waals surface area contributed by atoms with Gasteiger partial charge in [-0.25, -0.2) is 4.79 Å². The molecule has 1 atom stereocenters. The summed E-state index contributed by atoms with van der Waals surface area (Å²) in [6, 6.07) is 4.33. The summed E-state index contributed by atoms with van der Waals surface area (Å²) in [4.78, 5) is 21.1. The van der Waals surface area contributed by atoms with Gasteiger partial charge in [-0.2, -0.15) is 0 Å². The lowest BCUT2D eigenvalue weighted by Gasteiger charge is -2.09. The molecule has 0 bridgehead atoms. The summed E-state index contributed by atoms with van der Waals surface area (Å²) < 4.78 is 5.11. The second-order valence-electron chi connectivity index (χ2n) is 3.23. The highest BCUT2D eigenvalue weighted by atomic mass is 79.9. The van der Waals surface area contributed by atoms with Crippen LogP contribution in [-0.2, 0) is 4.74 Å². The van der Waals surface area contributed by atoms with Crippen molar-refractivity contribution in [3.63, 3.8) is 0 Å². The van der Waals surface area contributed by atoms with Gasteiger partial charge in [0.05, 0.1) is 11.0 Å². The van der Waals surface area contributed by atoms with E-state index in [1.165, 1.54) is 6.07 Å². The zero-order valence-corrected chi connectivity index (χ0v) is 9.56. The number of halogens is 1. The Morgan fingerprint density at radius 1 is 1.56 bits per heavy atom. The van der Waals surface area contributed by atoms with Crippen LogP contribution in [-0.4, -0.2) is 17.6 Å². The first-order valence-corrected chi connectivity index (χ1v) is 5.25. The van der Waals surface area contributed by atoms with Gasteiger partial charge in [0.1, 0.15) is 11.1 Å². The number of alkyl carbamates (subject to hydrolysis) is 1. The van der Waals surface area contributed by atoms with E-state index >= 15 is 0 Å². The molecule has 1 aliphatic rings. The monoisotopic (exact) mass is 286 g/mol. The van der Waals surface area contributed by atoms with Gasteiger partial charge in [0.15, 0.2) is 0 Å². The van der Waals surface area contributed by atoms with E-state index in [0.717, 1.165) is 0 Å². The molecular weight excluding hydrogens is 280 g/mol. The summed E-state index contributed by atoms with van der Waals surface area (Å²) in [6.07, 6.45) is -0.511. The first-order valence-electron chi connectivity index (χ1n) is 4.45. The van der Waals surface area contributed by atoms with Crippen LogP contribution >= 0.6 is 15.9 Å². The number of rotatable bonds is 2. The minimum atomic E-state index is -0.511. The Hall–Kier alpha value is -1.63. The Bertz CT molecular complexity index is 463. The van der Waals surface area contributed by atoms with Gasteiger partial charge >= 0.3 is 6.09 Å². The molecule has 1 aliphatic heterocycles. The molecule has 6 nitrogen and oxygen atoms in total. The molecule has 2 rings (SSSR count). The van der Waals surface area contributed by atoms with E-state index in [-0.39, 0.29) is 18.3 Å². The van der Waals surface area contributed by atoms with Crippen molar-refractivity contribution in [2.24, 2.45) is 0 Å². The largest absolute Gasteiger partial charge is 0.447 e. The molecule has 1 unspecified atom stereocenters. The quantitative estimate of drug-likeness (QED) is 0.667. The lowest BCUT2D eigenvalue weighted by molar-refractivity contribution is -0.385. The van der Waals surface area contributed by atoms with E-state index < -0.39 is 11.0 Å². The van der Waals surface area contributed by atoms with E-state index in [4.69, 9.17) is 4.74 Å². The zero-order valence-electron chi connectivity index (χ0n) is 7.97. The number of cyclic esters (lactones) is 1. The molecule has 0 spiro atoms. The molecule has 0 saturated carbocycles. The van der Waals surface area contributed by atoms with Gasteiger partial charge < -0.3 is 10.1 Å². The van der Waals surface area contributed by atoms with Crippen LogP contribution in [0.1, 0.15) is 11.6 Å². The second-order valence-corrected chi connectivity index (χ2v) is 4.03. The Morgan fingerprint density at radius 2 is 2.31 bits per heavy atom. The fourth-order valence-electron chi connectivity index (χ4n) is 1.50. The standard InChI is InChI=1S/C9H7BrN2O4/c10-8-5(6-4-16-9(13)11-6)2-1-3-7(8)12(14)15/h1-3,6H,4H2,(H,11,13). The molecule has 1 heterocycles. The molecule has 1 amide bonds. The summed E-state index contributed by atoms with van der Waals surface area (Å²) >= 11 is 3.16. The van der Waals surface area contributed by atoms with Crippen molar-refractivity contribution in [2.45, 2.75) is 6.04 Å². The minimum Gasteiger partial charge on any atom is -0.447 e. The SMILES string of the molecule is O=C1NC(c2cccc([N+](=O)[O-])c2Br)CO1. The van der Waals surface area contributed by atoms with Gasteiger partial charge in [-0.15, -0.1) is 0 Å². The topological polar surface area (TPSA) is 81.5 Å². The number of nitrogens with one attached hydrogen (secondary N) is 1. The van der Waals surface area contributed by atoms with E-state index in [1.807, 2.05) is 0 Å². The van der Waals surface area contributed by atoms with Crippen molar-refractivity contribution in [3.05, 3.63) is 38.3 Å². The lowest BCUT2D eigenvalue weighted by atomic mass is 10.1. The molecule has 1 saturated heterocycles. The third kappa shape index (κ3) is 1.85. The van der Waals surface area contributed by atoms with Crippen molar-refractivity contribution < 1.29 is 14.5 Å². The fourth-order valence-corrected chi connectivity index (χ4v) is 2.18. The number of nitro benzene ring substituents is 1. The van der Waals surface area contributed by atoms with Crippen LogP contribution in [0, 0.1) is 10.1 Å². The average Bonchev–Trinajstić information content (AvgIpc) is 2.64. The number of amides is 1. The van der Waals surface area contributed by atoms with Crippen LogP contribution in [0.5, 0.6) is 0 Å². The van der Waals surface area contributed by atoms with Crippen LogP contribution in [0.2, 0.25) is 0 Å². The van der Waals surface area contributed by atoms with Gasteiger partial charge in [0.2, 0.25) is 0 Å². The molecule has 16 heavy (non-hydrogen) atoms. The summed E-state index contributed by atoms with van der Waals surface area (Å²) in [5, 5.41) is 13.3. The number of hydrogen-bond acceptors (Lipinski definition) is 4. The van der Waals surface area contributed by atoms with Gasteiger partial charge in [-0.3, -0.25) is 10.1 Å². The van der Waals surface area contributed by atoms with E-state index in [2.05, 4.69) is 21.2 Å². The van der Waals surface area contributed by atoms with E-state index in [9.17, 15) is 14.9 Å². The third-order valence-corrected chi connectivity index (χ3v) is 3.12.